The van der Waals surface area contributed by atoms with Crippen LogP contribution in [0.3, 0.4) is 0 Å². The van der Waals surface area contributed by atoms with E-state index in [1.54, 1.807) is 6.07 Å². The van der Waals surface area contributed by atoms with E-state index in [-0.39, 0.29) is 12.1 Å². The molecular formula is C21H22N6O2. The number of ether oxygens (including phenoxy) is 1. The number of primary amides is 1. The number of nitrogens with two attached hydrogens (primary N) is 1. The minimum atomic E-state index is -0.436. The molecule has 2 heterocycles. The highest BCUT2D eigenvalue weighted by atomic mass is 16.5. The number of carbonyl (C=O) groups excluding carboxylic acids is 1. The first-order valence-electron chi connectivity index (χ1n) is 9.35. The minimum absolute atomic E-state index is 0.0552. The third kappa shape index (κ3) is 3.69. The molecule has 3 aromatic rings. The Balaban J connectivity index is 1.68. The van der Waals surface area contributed by atoms with Crippen molar-refractivity contribution >= 4 is 23.5 Å². The highest BCUT2D eigenvalue weighted by Gasteiger charge is 2.32. The van der Waals surface area contributed by atoms with E-state index in [1.165, 1.54) is 7.11 Å². The molecule has 2 aromatic carbocycles. The highest BCUT2D eigenvalue weighted by Crippen LogP contribution is 2.38. The maximum absolute atomic E-state index is 11.8. The number of amides is 1. The normalized spacial score (nSPS) is 15.1. The molecule has 4 rings (SSSR count). The van der Waals surface area contributed by atoms with Crippen molar-refractivity contribution in [3.05, 3.63) is 65.2 Å². The number of rotatable bonds is 6. The van der Waals surface area contributed by atoms with E-state index in [0.717, 1.165) is 16.8 Å². The van der Waals surface area contributed by atoms with Crippen molar-refractivity contribution < 1.29 is 9.53 Å². The van der Waals surface area contributed by atoms with E-state index < -0.39 is 5.91 Å². The van der Waals surface area contributed by atoms with Gasteiger partial charge in [-0.2, -0.15) is 15.0 Å². The summed E-state index contributed by atoms with van der Waals surface area (Å²) >= 11 is 0. The fraction of sp³-hybridized carbons (Fsp3) is 0.238. The van der Waals surface area contributed by atoms with Crippen molar-refractivity contribution in [2.24, 2.45) is 5.73 Å². The zero-order chi connectivity index (χ0) is 20.4. The number of carbonyl (C=O) groups is 1. The lowest BCUT2D eigenvalue weighted by molar-refractivity contribution is 0.0999. The summed E-state index contributed by atoms with van der Waals surface area (Å²) in [5.41, 5.74) is 8.97. The summed E-state index contributed by atoms with van der Waals surface area (Å²) in [5.74, 6) is 0.442. The predicted molar refractivity (Wildman–Crippen MR) is 110 cm³/mol. The second-order valence-corrected chi connectivity index (χ2v) is 6.88. The molecule has 1 aliphatic heterocycles. The van der Waals surface area contributed by atoms with Crippen molar-refractivity contribution in [3.63, 3.8) is 0 Å². The number of anilines is 3. The third-order valence-corrected chi connectivity index (χ3v) is 4.91. The molecule has 8 nitrogen and oxygen atoms in total. The van der Waals surface area contributed by atoms with Crippen LogP contribution in [-0.4, -0.2) is 34.0 Å². The van der Waals surface area contributed by atoms with Crippen LogP contribution in [0.5, 0.6) is 6.01 Å². The first kappa shape index (κ1) is 18.7. The van der Waals surface area contributed by atoms with Gasteiger partial charge < -0.3 is 20.7 Å². The molecule has 29 heavy (non-hydrogen) atoms. The van der Waals surface area contributed by atoms with E-state index in [9.17, 15) is 4.79 Å². The van der Waals surface area contributed by atoms with Gasteiger partial charge >= 0.3 is 6.01 Å². The molecule has 8 heteroatoms. The Kier molecular flexibility index (Phi) is 4.99. The molecule has 3 N–H and O–H groups in total. The van der Waals surface area contributed by atoms with Crippen LogP contribution in [0.2, 0.25) is 0 Å². The van der Waals surface area contributed by atoms with Crippen molar-refractivity contribution in [1.29, 1.82) is 0 Å². The Morgan fingerprint density at radius 1 is 1.17 bits per heavy atom. The van der Waals surface area contributed by atoms with E-state index in [1.807, 2.05) is 47.4 Å². The van der Waals surface area contributed by atoms with Gasteiger partial charge in [0.15, 0.2) is 0 Å². The molecular weight excluding hydrogens is 368 g/mol. The number of hydrogen-bond donors (Lipinski definition) is 2. The molecule has 0 bridgehead atoms. The van der Waals surface area contributed by atoms with E-state index in [2.05, 4.69) is 27.2 Å². The molecule has 0 radical (unpaired) electrons. The quantitative estimate of drug-likeness (QED) is 0.666. The molecule has 0 saturated heterocycles. The van der Waals surface area contributed by atoms with Crippen molar-refractivity contribution in [1.82, 2.24) is 15.0 Å². The summed E-state index contributed by atoms with van der Waals surface area (Å²) in [4.78, 5) is 27.1. The summed E-state index contributed by atoms with van der Waals surface area (Å²) in [6.07, 6.45) is 0.676. The number of nitrogens with one attached hydrogen (secondary N) is 1. The lowest BCUT2D eigenvalue weighted by Crippen LogP contribution is -2.26. The van der Waals surface area contributed by atoms with Gasteiger partial charge in [0.05, 0.1) is 7.11 Å². The first-order valence-corrected chi connectivity index (χ1v) is 9.35. The second-order valence-electron chi connectivity index (χ2n) is 6.88. The Morgan fingerprint density at radius 3 is 2.69 bits per heavy atom. The largest absolute Gasteiger partial charge is 0.467 e. The smallest absolute Gasteiger partial charge is 0.322 e. The van der Waals surface area contributed by atoms with E-state index in [4.69, 9.17) is 10.5 Å². The fourth-order valence-electron chi connectivity index (χ4n) is 3.58. The summed E-state index contributed by atoms with van der Waals surface area (Å²) in [6, 6.07) is 15.8. The summed E-state index contributed by atoms with van der Waals surface area (Å²) < 4.78 is 5.29. The molecule has 1 aliphatic rings. The summed E-state index contributed by atoms with van der Waals surface area (Å²) in [7, 11) is 1.52. The van der Waals surface area contributed by atoms with Crippen LogP contribution in [-0.2, 0) is 13.0 Å². The Morgan fingerprint density at radius 2 is 1.97 bits per heavy atom. The number of nitrogens with zero attached hydrogens (tertiary/aromatic N) is 4. The Bertz CT molecular complexity index is 1040. The van der Waals surface area contributed by atoms with Gasteiger partial charge in [-0.1, -0.05) is 36.4 Å². The lowest BCUT2D eigenvalue weighted by atomic mass is 10.0. The highest BCUT2D eigenvalue weighted by molar-refractivity contribution is 5.97. The molecule has 1 atom stereocenters. The van der Waals surface area contributed by atoms with Crippen molar-refractivity contribution in [2.75, 3.05) is 17.3 Å². The zero-order valence-electron chi connectivity index (χ0n) is 16.3. The molecule has 0 spiro atoms. The van der Waals surface area contributed by atoms with Gasteiger partial charge in [0.2, 0.25) is 17.8 Å². The van der Waals surface area contributed by atoms with E-state index in [0.29, 0.717) is 30.4 Å². The van der Waals surface area contributed by atoms with Crippen LogP contribution in [0, 0.1) is 0 Å². The van der Waals surface area contributed by atoms with Crippen LogP contribution in [0.25, 0.3) is 0 Å². The second kappa shape index (κ2) is 7.75. The van der Waals surface area contributed by atoms with Crippen LogP contribution < -0.4 is 20.7 Å². The molecule has 1 amide bonds. The lowest BCUT2D eigenvalue weighted by Gasteiger charge is -2.23. The maximum atomic E-state index is 11.8. The SMILES string of the molecule is COc1nc(NCc2ccccc2)nc(N2c3cccc(C(N)=O)c3CC2C)n1. The van der Waals surface area contributed by atoms with Crippen LogP contribution in [0.15, 0.2) is 48.5 Å². The molecule has 0 saturated carbocycles. The van der Waals surface area contributed by atoms with Crippen molar-refractivity contribution in [3.8, 4) is 6.01 Å². The number of fused-ring (bicyclic) bond motifs is 1. The molecule has 0 aliphatic carbocycles. The molecule has 1 aromatic heterocycles. The fourth-order valence-corrected chi connectivity index (χ4v) is 3.58. The van der Waals surface area contributed by atoms with Gasteiger partial charge in [-0.15, -0.1) is 0 Å². The Hall–Kier alpha value is -3.68. The van der Waals surface area contributed by atoms with Gasteiger partial charge in [-0.3, -0.25) is 4.79 Å². The van der Waals surface area contributed by atoms with Crippen molar-refractivity contribution in [2.45, 2.75) is 25.9 Å². The van der Waals surface area contributed by atoms with Crippen LogP contribution >= 0.6 is 0 Å². The van der Waals surface area contributed by atoms with Crippen LogP contribution in [0.1, 0.15) is 28.4 Å². The maximum Gasteiger partial charge on any atom is 0.322 e. The number of aromatic nitrogens is 3. The average molecular weight is 390 g/mol. The number of benzene rings is 2. The minimum Gasteiger partial charge on any atom is -0.467 e. The van der Waals surface area contributed by atoms with Gasteiger partial charge in [-0.05, 0) is 36.6 Å². The van der Waals surface area contributed by atoms with Crippen LogP contribution in [0.4, 0.5) is 17.6 Å². The monoisotopic (exact) mass is 390 g/mol. The topological polar surface area (TPSA) is 106 Å². The van der Waals surface area contributed by atoms with E-state index >= 15 is 0 Å². The average Bonchev–Trinajstić information content (AvgIpc) is 3.08. The third-order valence-electron chi connectivity index (χ3n) is 4.91. The van der Waals surface area contributed by atoms with Gasteiger partial charge in [0, 0.05) is 23.8 Å². The van der Waals surface area contributed by atoms with Gasteiger partial charge in [0.25, 0.3) is 0 Å². The first-order chi connectivity index (χ1) is 14.1. The van der Waals surface area contributed by atoms with Gasteiger partial charge in [0.1, 0.15) is 0 Å². The zero-order valence-corrected chi connectivity index (χ0v) is 16.3. The summed E-state index contributed by atoms with van der Waals surface area (Å²) in [5, 5.41) is 3.22. The molecule has 148 valence electrons. The standard InChI is InChI=1S/C21H22N6O2/c1-13-11-16-15(18(22)28)9-6-10-17(16)27(13)20-24-19(25-21(26-20)29-2)23-12-14-7-4-3-5-8-14/h3-10,13H,11-12H2,1-2H3,(H2,22,28)(H,23,24,25,26). The van der Waals surface area contributed by atoms with Gasteiger partial charge in [-0.25, -0.2) is 0 Å². The number of methoxy groups -OCH3 is 1. The molecule has 0 fully saturated rings. The Labute approximate surface area is 168 Å². The number of hydrogen-bond acceptors (Lipinski definition) is 7. The summed E-state index contributed by atoms with van der Waals surface area (Å²) in [6.45, 7) is 2.63. The molecule has 1 unspecified atom stereocenters. The predicted octanol–water partition coefficient (Wildman–Crippen LogP) is 2.67.